The highest BCUT2D eigenvalue weighted by Crippen LogP contribution is 2.23. The van der Waals surface area contributed by atoms with Crippen molar-refractivity contribution >= 4 is 11.5 Å². The van der Waals surface area contributed by atoms with Crippen molar-refractivity contribution in [1.29, 1.82) is 0 Å². The summed E-state index contributed by atoms with van der Waals surface area (Å²) in [5, 5.41) is 8.05. The molecule has 0 radical (unpaired) electrons. The van der Waals surface area contributed by atoms with Crippen LogP contribution in [-0.4, -0.2) is 40.4 Å². The number of hydrogen-bond acceptors (Lipinski definition) is 4. The first kappa shape index (κ1) is 14.2. The first-order chi connectivity index (χ1) is 9.11. The molecule has 1 aliphatic heterocycles. The van der Waals surface area contributed by atoms with Crippen LogP contribution in [0, 0.1) is 6.92 Å². The van der Waals surface area contributed by atoms with E-state index in [2.05, 4.69) is 29.2 Å². The summed E-state index contributed by atoms with van der Waals surface area (Å²) in [5.74, 6) is 0.992. The lowest BCUT2D eigenvalue weighted by Crippen LogP contribution is -2.33. The van der Waals surface area contributed by atoms with E-state index in [0.717, 1.165) is 36.7 Å². The van der Waals surface area contributed by atoms with Crippen molar-refractivity contribution in [3.8, 4) is 0 Å². The van der Waals surface area contributed by atoms with Crippen molar-refractivity contribution in [3.63, 3.8) is 0 Å². The van der Waals surface area contributed by atoms with Crippen molar-refractivity contribution < 1.29 is 0 Å². The van der Waals surface area contributed by atoms with Crippen LogP contribution in [0.1, 0.15) is 38.8 Å². The Morgan fingerprint density at radius 2 is 2.05 bits per heavy atom. The van der Waals surface area contributed by atoms with Gasteiger partial charge >= 0.3 is 0 Å². The Morgan fingerprint density at radius 1 is 1.37 bits per heavy atom. The van der Waals surface area contributed by atoms with E-state index in [1.165, 1.54) is 25.9 Å². The van der Waals surface area contributed by atoms with Gasteiger partial charge in [-0.25, -0.2) is 4.68 Å². The van der Waals surface area contributed by atoms with Gasteiger partial charge in [-0.2, -0.15) is 5.10 Å². The number of nitrogens with one attached hydrogen (secondary N) is 1. The lowest BCUT2D eigenvalue weighted by molar-refractivity contribution is 0.327. The second-order valence-corrected chi connectivity index (χ2v) is 5.62. The third kappa shape index (κ3) is 3.41. The Hall–Kier alpha value is -1.23. The summed E-state index contributed by atoms with van der Waals surface area (Å²) in [7, 11) is 0. The number of nitrogen functional groups attached to an aromatic ring is 1. The van der Waals surface area contributed by atoms with Gasteiger partial charge in [0.05, 0.1) is 11.4 Å². The predicted octanol–water partition coefficient (Wildman–Crippen LogP) is 2.08. The van der Waals surface area contributed by atoms with Gasteiger partial charge in [-0.1, -0.05) is 6.92 Å². The quantitative estimate of drug-likeness (QED) is 0.827. The summed E-state index contributed by atoms with van der Waals surface area (Å²) >= 11 is 0. The maximum Gasteiger partial charge on any atom is 0.148 e. The van der Waals surface area contributed by atoms with Gasteiger partial charge in [-0.15, -0.1) is 0 Å². The van der Waals surface area contributed by atoms with E-state index >= 15 is 0 Å². The smallest absolute Gasteiger partial charge is 0.148 e. The summed E-state index contributed by atoms with van der Waals surface area (Å²) < 4.78 is 2.01. The molecule has 0 bridgehead atoms. The molecule has 19 heavy (non-hydrogen) atoms. The number of anilines is 2. The molecular formula is C14H27N5. The number of aryl methyl sites for hydroxylation is 2. The number of likely N-dealkylation sites (tertiary alicyclic amines) is 1. The molecule has 1 fully saturated rings. The molecule has 0 amide bonds. The van der Waals surface area contributed by atoms with Crippen LogP contribution in [0.3, 0.4) is 0 Å². The topological polar surface area (TPSA) is 59.1 Å². The second kappa shape index (κ2) is 6.28. The molecule has 108 valence electrons. The van der Waals surface area contributed by atoms with Crippen LogP contribution in [0.25, 0.3) is 0 Å². The third-order valence-corrected chi connectivity index (χ3v) is 3.72. The molecule has 0 aliphatic carbocycles. The standard InChI is InChI=1S/C14H27N5/c1-4-7-19-14(13(15)12(3)17-19)16-11(2)10-18-8-5-6-9-18/h11,16H,4-10,15H2,1-3H3. The van der Waals surface area contributed by atoms with Crippen molar-refractivity contribution in [3.05, 3.63) is 5.69 Å². The normalized spacial score (nSPS) is 17.8. The number of nitrogens with two attached hydrogens (primary N) is 1. The summed E-state index contributed by atoms with van der Waals surface area (Å²) in [5.41, 5.74) is 7.84. The predicted molar refractivity (Wildman–Crippen MR) is 80.4 cm³/mol. The average molecular weight is 265 g/mol. The fraction of sp³-hybridized carbons (Fsp3) is 0.786. The van der Waals surface area contributed by atoms with E-state index in [4.69, 9.17) is 5.73 Å². The van der Waals surface area contributed by atoms with E-state index in [0.29, 0.717) is 6.04 Å². The highest BCUT2D eigenvalue weighted by molar-refractivity contribution is 5.65. The number of aromatic nitrogens is 2. The Balaban J connectivity index is 2.00. The van der Waals surface area contributed by atoms with Crippen LogP contribution in [0.15, 0.2) is 0 Å². The Bertz CT molecular complexity index is 406. The maximum absolute atomic E-state index is 6.13. The molecule has 0 aromatic carbocycles. The van der Waals surface area contributed by atoms with Crippen LogP contribution >= 0.6 is 0 Å². The molecule has 0 spiro atoms. The molecule has 2 heterocycles. The molecule has 1 unspecified atom stereocenters. The number of rotatable bonds is 6. The van der Waals surface area contributed by atoms with Crippen molar-refractivity contribution in [2.75, 3.05) is 30.7 Å². The lowest BCUT2D eigenvalue weighted by atomic mass is 10.3. The van der Waals surface area contributed by atoms with Gasteiger partial charge in [0.15, 0.2) is 0 Å². The Labute approximate surface area is 116 Å². The van der Waals surface area contributed by atoms with Gasteiger partial charge < -0.3 is 16.0 Å². The minimum Gasteiger partial charge on any atom is -0.394 e. The van der Waals surface area contributed by atoms with Gasteiger partial charge in [0.1, 0.15) is 5.82 Å². The van der Waals surface area contributed by atoms with E-state index in [9.17, 15) is 0 Å². The summed E-state index contributed by atoms with van der Waals surface area (Å²) in [6, 6.07) is 0.395. The minimum absolute atomic E-state index is 0.395. The maximum atomic E-state index is 6.13. The molecule has 1 saturated heterocycles. The molecule has 0 saturated carbocycles. The first-order valence-corrected chi connectivity index (χ1v) is 7.43. The Morgan fingerprint density at radius 3 is 2.68 bits per heavy atom. The molecule has 1 aromatic rings. The molecular weight excluding hydrogens is 238 g/mol. The monoisotopic (exact) mass is 265 g/mol. The van der Waals surface area contributed by atoms with Gasteiger partial charge in [0.25, 0.3) is 0 Å². The molecule has 5 nitrogen and oxygen atoms in total. The van der Waals surface area contributed by atoms with Gasteiger partial charge in [-0.3, -0.25) is 0 Å². The molecule has 2 rings (SSSR count). The van der Waals surface area contributed by atoms with Gasteiger partial charge in [0.2, 0.25) is 0 Å². The second-order valence-electron chi connectivity index (χ2n) is 5.62. The summed E-state index contributed by atoms with van der Waals surface area (Å²) in [4.78, 5) is 2.52. The number of nitrogens with zero attached hydrogens (tertiary/aromatic N) is 3. The third-order valence-electron chi connectivity index (χ3n) is 3.72. The molecule has 1 atom stereocenters. The van der Waals surface area contributed by atoms with Crippen molar-refractivity contribution in [2.24, 2.45) is 0 Å². The number of hydrogen-bond donors (Lipinski definition) is 2. The fourth-order valence-electron chi connectivity index (χ4n) is 2.75. The Kier molecular flexibility index (Phi) is 4.69. The molecule has 1 aromatic heterocycles. The summed E-state index contributed by atoms with van der Waals surface area (Å²) in [6.07, 6.45) is 3.74. The van der Waals surface area contributed by atoms with Gasteiger partial charge in [-0.05, 0) is 46.2 Å². The average Bonchev–Trinajstić information content (AvgIpc) is 2.94. The van der Waals surface area contributed by atoms with Crippen LogP contribution < -0.4 is 11.1 Å². The largest absolute Gasteiger partial charge is 0.394 e. The van der Waals surface area contributed by atoms with Crippen molar-refractivity contribution in [2.45, 2.75) is 52.6 Å². The lowest BCUT2D eigenvalue weighted by Gasteiger charge is -2.22. The van der Waals surface area contributed by atoms with Crippen LogP contribution in [0.2, 0.25) is 0 Å². The van der Waals surface area contributed by atoms with E-state index in [1.807, 2.05) is 11.6 Å². The highest BCUT2D eigenvalue weighted by Gasteiger charge is 2.18. The molecule has 1 aliphatic rings. The highest BCUT2D eigenvalue weighted by atomic mass is 15.3. The minimum atomic E-state index is 0.395. The fourth-order valence-corrected chi connectivity index (χ4v) is 2.75. The molecule has 3 N–H and O–H groups in total. The van der Waals surface area contributed by atoms with Gasteiger partial charge in [0, 0.05) is 19.1 Å². The SMILES string of the molecule is CCCn1nc(C)c(N)c1NC(C)CN1CCCC1. The van der Waals surface area contributed by atoms with Crippen LogP contribution in [-0.2, 0) is 6.54 Å². The molecule has 5 heteroatoms. The van der Waals surface area contributed by atoms with E-state index in [-0.39, 0.29) is 0 Å². The zero-order valence-electron chi connectivity index (χ0n) is 12.4. The zero-order chi connectivity index (χ0) is 13.8. The van der Waals surface area contributed by atoms with Crippen molar-refractivity contribution in [1.82, 2.24) is 14.7 Å². The zero-order valence-corrected chi connectivity index (χ0v) is 12.4. The van der Waals surface area contributed by atoms with E-state index in [1.54, 1.807) is 0 Å². The van der Waals surface area contributed by atoms with Crippen LogP contribution in [0.5, 0.6) is 0 Å². The van der Waals surface area contributed by atoms with Crippen LogP contribution in [0.4, 0.5) is 11.5 Å². The summed E-state index contributed by atoms with van der Waals surface area (Å²) in [6.45, 7) is 10.8. The van der Waals surface area contributed by atoms with E-state index < -0.39 is 0 Å². The first-order valence-electron chi connectivity index (χ1n) is 7.43.